The first-order chi connectivity index (χ1) is 8.65. The molecule has 0 fully saturated rings. The van der Waals surface area contributed by atoms with Gasteiger partial charge in [0.25, 0.3) is 0 Å². The monoisotopic (exact) mass is 265 g/mol. The van der Waals surface area contributed by atoms with Crippen molar-refractivity contribution in [2.45, 2.75) is 46.6 Å². The third-order valence-electron chi connectivity index (χ3n) is 3.34. The zero-order valence-electron chi connectivity index (χ0n) is 12.3. The minimum absolute atomic E-state index is 1.01. The van der Waals surface area contributed by atoms with E-state index in [2.05, 4.69) is 44.5 Å². The Morgan fingerprint density at radius 1 is 1.00 bits per heavy atom. The highest BCUT2D eigenvalue weighted by molar-refractivity contribution is 7.98. The summed E-state index contributed by atoms with van der Waals surface area (Å²) in [6.45, 7) is 8.76. The summed E-state index contributed by atoms with van der Waals surface area (Å²) in [5.41, 5.74) is 5.68. The molecule has 18 heavy (non-hydrogen) atoms. The van der Waals surface area contributed by atoms with E-state index in [1.54, 1.807) is 0 Å². The first-order valence-electron chi connectivity index (χ1n) is 6.91. The normalized spacial score (nSPS) is 10.9. The van der Waals surface area contributed by atoms with Crippen molar-refractivity contribution in [1.29, 1.82) is 0 Å². The Morgan fingerprint density at radius 2 is 1.67 bits per heavy atom. The minimum atomic E-state index is 1.01. The van der Waals surface area contributed by atoms with Crippen LogP contribution in [0, 0.1) is 20.8 Å². The fourth-order valence-electron chi connectivity index (χ4n) is 2.38. The van der Waals surface area contributed by atoms with Gasteiger partial charge in [0.05, 0.1) is 0 Å². The molecule has 0 atom stereocenters. The van der Waals surface area contributed by atoms with Crippen molar-refractivity contribution in [1.82, 2.24) is 5.32 Å². The number of benzene rings is 1. The molecule has 0 aromatic heterocycles. The molecule has 0 aliphatic rings. The van der Waals surface area contributed by atoms with E-state index in [1.807, 2.05) is 11.8 Å². The largest absolute Gasteiger partial charge is 0.313 e. The van der Waals surface area contributed by atoms with Gasteiger partial charge in [-0.15, -0.1) is 0 Å². The Balaban J connectivity index is 2.27. The van der Waals surface area contributed by atoms with Gasteiger partial charge >= 0.3 is 0 Å². The molecule has 0 spiro atoms. The summed E-state index contributed by atoms with van der Waals surface area (Å²) < 4.78 is 0. The maximum atomic E-state index is 3.57. The van der Waals surface area contributed by atoms with Crippen LogP contribution >= 0.6 is 11.8 Å². The standard InChI is InChI=1S/C16H27NS/c1-13-10-14(2)16(15(3)11-13)12-17-8-6-5-7-9-18-4/h10-11,17H,5-9,12H2,1-4H3. The van der Waals surface area contributed by atoms with Crippen LogP contribution < -0.4 is 5.32 Å². The van der Waals surface area contributed by atoms with Gasteiger partial charge in [0.15, 0.2) is 0 Å². The van der Waals surface area contributed by atoms with Crippen LogP contribution in [0.25, 0.3) is 0 Å². The van der Waals surface area contributed by atoms with Gasteiger partial charge in [0, 0.05) is 6.54 Å². The quantitative estimate of drug-likeness (QED) is 0.706. The van der Waals surface area contributed by atoms with Crippen LogP contribution in [-0.2, 0) is 6.54 Å². The summed E-state index contributed by atoms with van der Waals surface area (Å²) in [6.07, 6.45) is 6.18. The van der Waals surface area contributed by atoms with Crippen molar-refractivity contribution in [2.75, 3.05) is 18.6 Å². The van der Waals surface area contributed by atoms with Crippen molar-refractivity contribution >= 4 is 11.8 Å². The molecule has 0 aliphatic heterocycles. The highest BCUT2D eigenvalue weighted by Crippen LogP contribution is 2.16. The summed E-state index contributed by atoms with van der Waals surface area (Å²) in [5.74, 6) is 1.30. The molecule has 0 aliphatic carbocycles. The lowest BCUT2D eigenvalue weighted by Crippen LogP contribution is -2.16. The number of hydrogen-bond donors (Lipinski definition) is 1. The zero-order chi connectivity index (χ0) is 13.4. The highest BCUT2D eigenvalue weighted by atomic mass is 32.2. The maximum absolute atomic E-state index is 3.57. The van der Waals surface area contributed by atoms with E-state index in [-0.39, 0.29) is 0 Å². The Bertz CT molecular complexity index is 337. The molecule has 1 nitrogen and oxygen atoms in total. The number of thioether (sulfide) groups is 1. The van der Waals surface area contributed by atoms with Crippen LogP contribution in [0.1, 0.15) is 41.5 Å². The predicted molar refractivity (Wildman–Crippen MR) is 84.6 cm³/mol. The highest BCUT2D eigenvalue weighted by Gasteiger charge is 2.02. The van der Waals surface area contributed by atoms with Gasteiger partial charge in [-0.25, -0.2) is 0 Å². The number of aryl methyl sites for hydroxylation is 3. The molecule has 0 saturated heterocycles. The molecule has 2 heteroatoms. The van der Waals surface area contributed by atoms with Crippen LogP contribution in [0.2, 0.25) is 0 Å². The maximum Gasteiger partial charge on any atom is 0.0210 e. The average Bonchev–Trinajstić information content (AvgIpc) is 2.30. The van der Waals surface area contributed by atoms with Crippen molar-refractivity contribution in [3.05, 3.63) is 34.4 Å². The van der Waals surface area contributed by atoms with E-state index in [0.29, 0.717) is 0 Å². The van der Waals surface area contributed by atoms with Gasteiger partial charge in [0.1, 0.15) is 0 Å². The van der Waals surface area contributed by atoms with Crippen molar-refractivity contribution < 1.29 is 0 Å². The Hall–Kier alpha value is -0.470. The smallest absolute Gasteiger partial charge is 0.0210 e. The van der Waals surface area contributed by atoms with Crippen LogP contribution in [0.3, 0.4) is 0 Å². The molecule has 102 valence electrons. The fourth-order valence-corrected chi connectivity index (χ4v) is 2.87. The van der Waals surface area contributed by atoms with Crippen molar-refractivity contribution in [3.63, 3.8) is 0 Å². The molecule has 0 radical (unpaired) electrons. The summed E-state index contributed by atoms with van der Waals surface area (Å²) >= 11 is 1.95. The molecule has 0 saturated carbocycles. The number of unbranched alkanes of at least 4 members (excludes halogenated alkanes) is 2. The first-order valence-corrected chi connectivity index (χ1v) is 8.31. The summed E-state index contributed by atoms with van der Waals surface area (Å²) in [4.78, 5) is 0. The van der Waals surface area contributed by atoms with Crippen LogP contribution in [0.15, 0.2) is 12.1 Å². The SMILES string of the molecule is CSCCCCCNCc1c(C)cc(C)cc1C. The topological polar surface area (TPSA) is 12.0 Å². The van der Waals surface area contributed by atoms with Gasteiger partial charge in [-0.2, -0.15) is 11.8 Å². The number of hydrogen-bond acceptors (Lipinski definition) is 2. The Labute approximate surface area is 117 Å². The van der Waals surface area contributed by atoms with E-state index in [0.717, 1.165) is 13.1 Å². The van der Waals surface area contributed by atoms with Gasteiger partial charge in [-0.05, 0) is 68.9 Å². The summed E-state index contributed by atoms with van der Waals surface area (Å²) in [7, 11) is 0. The van der Waals surface area contributed by atoms with Gasteiger partial charge < -0.3 is 5.32 Å². The average molecular weight is 265 g/mol. The minimum Gasteiger partial charge on any atom is -0.313 e. The van der Waals surface area contributed by atoms with E-state index < -0.39 is 0 Å². The van der Waals surface area contributed by atoms with Crippen LogP contribution in [-0.4, -0.2) is 18.6 Å². The molecule has 0 amide bonds. The molecule has 1 rings (SSSR count). The molecular weight excluding hydrogens is 238 g/mol. The lowest BCUT2D eigenvalue weighted by Gasteiger charge is -2.12. The van der Waals surface area contributed by atoms with E-state index in [9.17, 15) is 0 Å². The van der Waals surface area contributed by atoms with E-state index >= 15 is 0 Å². The molecule has 0 bridgehead atoms. The first kappa shape index (κ1) is 15.6. The van der Waals surface area contributed by atoms with Crippen LogP contribution in [0.5, 0.6) is 0 Å². The zero-order valence-corrected chi connectivity index (χ0v) is 13.1. The summed E-state index contributed by atoms with van der Waals surface area (Å²) in [5, 5.41) is 3.57. The van der Waals surface area contributed by atoms with Gasteiger partial charge in [-0.1, -0.05) is 24.1 Å². The van der Waals surface area contributed by atoms with Gasteiger partial charge in [0.2, 0.25) is 0 Å². The number of rotatable bonds is 8. The predicted octanol–water partition coefficient (Wildman–Crippen LogP) is 4.23. The Kier molecular flexibility index (Phi) is 7.45. The third kappa shape index (κ3) is 5.45. The molecule has 0 unspecified atom stereocenters. The summed E-state index contributed by atoms with van der Waals surface area (Å²) in [6, 6.07) is 4.56. The number of nitrogens with one attached hydrogen (secondary N) is 1. The van der Waals surface area contributed by atoms with Crippen molar-refractivity contribution in [3.8, 4) is 0 Å². The second-order valence-electron chi connectivity index (χ2n) is 5.11. The lowest BCUT2D eigenvalue weighted by molar-refractivity contribution is 0.616. The third-order valence-corrected chi connectivity index (χ3v) is 4.04. The molecule has 1 aromatic carbocycles. The van der Waals surface area contributed by atoms with Crippen molar-refractivity contribution in [2.24, 2.45) is 0 Å². The van der Waals surface area contributed by atoms with Gasteiger partial charge in [-0.3, -0.25) is 0 Å². The molecule has 0 heterocycles. The van der Waals surface area contributed by atoms with E-state index in [4.69, 9.17) is 0 Å². The molecular formula is C16H27NS. The second kappa shape index (κ2) is 8.60. The molecule has 1 aromatic rings. The van der Waals surface area contributed by atoms with E-state index in [1.165, 1.54) is 47.3 Å². The second-order valence-corrected chi connectivity index (χ2v) is 6.09. The lowest BCUT2D eigenvalue weighted by atomic mass is 10.00. The molecule has 1 N–H and O–H groups in total. The fraction of sp³-hybridized carbons (Fsp3) is 0.625. The Morgan fingerprint density at radius 3 is 2.28 bits per heavy atom. The van der Waals surface area contributed by atoms with Crippen LogP contribution in [0.4, 0.5) is 0 Å².